The first-order chi connectivity index (χ1) is 8.72. The summed E-state index contributed by atoms with van der Waals surface area (Å²) in [6, 6.07) is 2.09. The standard InChI is InChI=1S/C12H17N5S/c1-8(2)10-11(15-7-16-12(10)17-13)14-5-9-3-4-18-6-9/h3-4,6-8H,5,13H2,1-2H3,(H2,14,15,16,17). The lowest BCUT2D eigenvalue weighted by Gasteiger charge is -2.16. The monoisotopic (exact) mass is 263 g/mol. The second-order valence-electron chi connectivity index (χ2n) is 4.27. The Morgan fingerprint density at radius 3 is 2.72 bits per heavy atom. The minimum Gasteiger partial charge on any atom is -0.366 e. The Hall–Kier alpha value is -1.66. The van der Waals surface area contributed by atoms with E-state index >= 15 is 0 Å². The number of anilines is 2. The largest absolute Gasteiger partial charge is 0.366 e. The maximum absolute atomic E-state index is 5.48. The molecule has 0 saturated carbocycles. The molecule has 0 spiro atoms. The molecule has 2 aromatic rings. The minimum atomic E-state index is 0.294. The van der Waals surface area contributed by atoms with Gasteiger partial charge in [-0.3, -0.25) is 0 Å². The van der Waals surface area contributed by atoms with Gasteiger partial charge in [-0.1, -0.05) is 13.8 Å². The van der Waals surface area contributed by atoms with E-state index in [4.69, 9.17) is 5.84 Å². The number of thiophene rings is 1. The van der Waals surface area contributed by atoms with E-state index in [1.165, 1.54) is 11.9 Å². The lowest BCUT2D eigenvalue weighted by Crippen LogP contribution is -2.15. The lowest BCUT2D eigenvalue weighted by atomic mass is 10.0. The molecule has 0 aliphatic carbocycles. The van der Waals surface area contributed by atoms with Gasteiger partial charge in [-0.2, -0.15) is 11.3 Å². The average Bonchev–Trinajstić information content (AvgIpc) is 2.88. The molecular weight excluding hydrogens is 246 g/mol. The van der Waals surface area contributed by atoms with Crippen molar-refractivity contribution in [2.24, 2.45) is 5.84 Å². The summed E-state index contributed by atoms with van der Waals surface area (Å²) < 4.78 is 0. The molecule has 18 heavy (non-hydrogen) atoms. The van der Waals surface area contributed by atoms with Crippen LogP contribution in [0.25, 0.3) is 0 Å². The Balaban J connectivity index is 2.21. The normalized spacial score (nSPS) is 10.7. The number of nitrogen functional groups attached to an aromatic ring is 1. The highest BCUT2D eigenvalue weighted by Gasteiger charge is 2.13. The van der Waals surface area contributed by atoms with Gasteiger partial charge < -0.3 is 10.7 Å². The third-order valence-corrected chi connectivity index (χ3v) is 3.37. The Bertz CT molecular complexity index is 495. The van der Waals surface area contributed by atoms with E-state index < -0.39 is 0 Å². The highest BCUT2D eigenvalue weighted by atomic mass is 32.1. The molecule has 0 bridgehead atoms. The van der Waals surface area contributed by atoms with Crippen molar-refractivity contribution >= 4 is 23.0 Å². The quantitative estimate of drug-likeness (QED) is 0.571. The van der Waals surface area contributed by atoms with E-state index in [-0.39, 0.29) is 0 Å². The highest BCUT2D eigenvalue weighted by Crippen LogP contribution is 2.27. The average molecular weight is 263 g/mol. The van der Waals surface area contributed by atoms with E-state index in [9.17, 15) is 0 Å². The second kappa shape index (κ2) is 5.79. The van der Waals surface area contributed by atoms with Crippen LogP contribution < -0.4 is 16.6 Å². The summed E-state index contributed by atoms with van der Waals surface area (Å²) in [5.41, 5.74) is 4.88. The Labute approximate surface area is 110 Å². The summed E-state index contributed by atoms with van der Waals surface area (Å²) in [5.74, 6) is 7.28. The fourth-order valence-corrected chi connectivity index (χ4v) is 2.45. The number of hydrogen-bond acceptors (Lipinski definition) is 6. The molecule has 0 radical (unpaired) electrons. The molecule has 5 nitrogen and oxygen atoms in total. The smallest absolute Gasteiger partial charge is 0.148 e. The van der Waals surface area contributed by atoms with E-state index in [0.29, 0.717) is 11.7 Å². The number of rotatable bonds is 5. The number of aromatic nitrogens is 2. The van der Waals surface area contributed by atoms with Crippen molar-refractivity contribution in [3.8, 4) is 0 Å². The molecule has 2 rings (SSSR count). The zero-order valence-electron chi connectivity index (χ0n) is 10.5. The van der Waals surface area contributed by atoms with Crippen molar-refractivity contribution in [2.75, 3.05) is 10.7 Å². The van der Waals surface area contributed by atoms with Gasteiger partial charge >= 0.3 is 0 Å². The molecule has 4 N–H and O–H groups in total. The number of hydrazine groups is 1. The van der Waals surface area contributed by atoms with E-state index in [1.807, 2.05) is 0 Å². The van der Waals surface area contributed by atoms with E-state index in [0.717, 1.165) is 17.9 Å². The molecule has 0 saturated heterocycles. The van der Waals surface area contributed by atoms with Crippen molar-refractivity contribution in [3.05, 3.63) is 34.3 Å². The molecule has 0 aliphatic heterocycles. The molecular formula is C12H17N5S. The maximum atomic E-state index is 5.48. The molecule has 2 heterocycles. The molecule has 0 atom stereocenters. The van der Waals surface area contributed by atoms with Gasteiger partial charge in [0.15, 0.2) is 0 Å². The third-order valence-electron chi connectivity index (χ3n) is 2.64. The van der Waals surface area contributed by atoms with Crippen molar-refractivity contribution in [1.82, 2.24) is 9.97 Å². The van der Waals surface area contributed by atoms with Gasteiger partial charge in [0.05, 0.1) is 0 Å². The summed E-state index contributed by atoms with van der Waals surface area (Å²) in [5, 5.41) is 7.51. The SMILES string of the molecule is CC(C)c1c(NN)ncnc1NCc1ccsc1. The predicted octanol–water partition coefficient (Wildman–Crippen LogP) is 2.56. The van der Waals surface area contributed by atoms with Crippen LogP contribution in [0.4, 0.5) is 11.6 Å². The maximum Gasteiger partial charge on any atom is 0.148 e. The van der Waals surface area contributed by atoms with E-state index in [1.54, 1.807) is 11.3 Å². The van der Waals surface area contributed by atoms with Gasteiger partial charge in [0, 0.05) is 12.1 Å². The molecule has 0 aliphatic rings. The van der Waals surface area contributed by atoms with Gasteiger partial charge in [-0.15, -0.1) is 0 Å². The molecule has 0 fully saturated rings. The minimum absolute atomic E-state index is 0.294. The van der Waals surface area contributed by atoms with Crippen LogP contribution in [-0.4, -0.2) is 9.97 Å². The summed E-state index contributed by atoms with van der Waals surface area (Å²) in [6.45, 7) is 4.94. The van der Waals surface area contributed by atoms with Crippen molar-refractivity contribution in [3.63, 3.8) is 0 Å². The van der Waals surface area contributed by atoms with Crippen LogP contribution in [0.1, 0.15) is 30.9 Å². The Kier molecular flexibility index (Phi) is 4.11. The molecule has 0 unspecified atom stereocenters. The van der Waals surface area contributed by atoms with Crippen molar-refractivity contribution < 1.29 is 0 Å². The highest BCUT2D eigenvalue weighted by molar-refractivity contribution is 7.07. The zero-order chi connectivity index (χ0) is 13.0. The zero-order valence-corrected chi connectivity index (χ0v) is 11.3. The first-order valence-electron chi connectivity index (χ1n) is 5.78. The molecule has 2 aromatic heterocycles. The number of hydrogen-bond donors (Lipinski definition) is 3. The van der Waals surface area contributed by atoms with Crippen LogP contribution in [0, 0.1) is 0 Å². The van der Waals surface area contributed by atoms with E-state index in [2.05, 4.69) is 51.4 Å². The molecule has 6 heteroatoms. The Morgan fingerprint density at radius 2 is 2.11 bits per heavy atom. The molecule has 96 valence electrons. The summed E-state index contributed by atoms with van der Waals surface area (Å²) in [7, 11) is 0. The molecule has 0 amide bonds. The summed E-state index contributed by atoms with van der Waals surface area (Å²) in [6.07, 6.45) is 1.51. The number of nitrogens with one attached hydrogen (secondary N) is 2. The Morgan fingerprint density at radius 1 is 1.33 bits per heavy atom. The van der Waals surface area contributed by atoms with Crippen LogP contribution in [0.5, 0.6) is 0 Å². The summed E-state index contributed by atoms with van der Waals surface area (Å²) in [4.78, 5) is 8.43. The fraction of sp³-hybridized carbons (Fsp3) is 0.333. The third kappa shape index (κ3) is 2.77. The van der Waals surface area contributed by atoms with Crippen LogP contribution in [-0.2, 0) is 6.54 Å². The first kappa shape index (κ1) is 12.8. The number of nitrogens with zero attached hydrogens (tertiary/aromatic N) is 2. The second-order valence-corrected chi connectivity index (χ2v) is 5.05. The van der Waals surface area contributed by atoms with Crippen LogP contribution >= 0.6 is 11.3 Å². The lowest BCUT2D eigenvalue weighted by molar-refractivity contribution is 0.845. The van der Waals surface area contributed by atoms with Crippen LogP contribution in [0.15, 0.2) is 23.2 Å². The number of nitrogens with two attached hydrogens (primary N) is 1. The first-order valence-corrected chi connectivity index (χ1v) is 6.73. The van der Waals surface area contributed by atoms with Gasteiger partial charge in [0.25, 0.3) is 0 Å². The summed E-state index contributed by atoms with van der Waals surface area (Å²) >= 11 is 1.69. The van der Waals surface area contributed by atoms with Crippen LogP contribution in [0.3, 0.4) is 0 Å². The van der Waals surface area contributed by atoms with Crippen LogP contribution in [0.2, 0.25) is 0 Å². The van der Waals surface area contributed by atoms with Gasteiger partial charge in [-0.05, 0) is 28.3 Å². The van der Waals surface area contributed by atoms with Crippen molar-refractivity contribution in [1.29, 1.82) is 0 Å². The van der Waals surface area contributed by atoms with Gasteiger partial charge in [0.1, 0.15) is 18.0 Å². The van der Waals surface area contributed by atoms with Gasteiger partial charge in [0.2, 0.25) is 0 Å². The van der Waals surface area contributed by atoms with Crippen molar-refractivity contribution in [2.45, 2.75) is 26.3 Å². The fourth-order valence-electron chi connectivity index (χ4n) is 1.78. The predicted molar refractivity (Wildman–Crippen MR) is 75.6 cm³/mol. The molecule has 0 aromatic carbocycles. The topological polar surface area (TPSA) is 75.9 Å². The van der Waals surface area contributed by atoms with Gasteiger partial charge in [-0.25, -0.2) is 15.8 Å².